The molecule has 1 aromatic rings. The Kier molecular flexibility index (Phi) is 3.53. The number of benzene rings is 1. The second-order valence-corrected chi connectivity index (χ2v) is 6.68. The molecule has 0 spiro atoms. The molecule has 10 heteroatoms. The highest BCUT2D eigenvalue weighted by molar-refractivity contribution is 7.90. The topological polar surface area (TPSA) is 120 Å². The van der Waals surface area contributed by atoms with E-state index in [9.17, 15) is 16.8 Å². The molecule has 0 saturated carbocycles. The number of sulfonamides is 2. The average Bonchev–Trinajstić information content (AvgIpc) is 2.04. The van der Waals surface area contributed by atoms with Crippen LogP contribution in [0.4, 0.5) is 0 Å². The largest absolute Gasteiger partial charge is 0.239 e. The maximum absolute atomic E-state index is 11.1. The van der Waals surface area contributed by atoms with E-state index in [4.69, 9.17) is 33.5 Å². The molecule has 6 nitrogen and oxygen atoms in total. The van der Waals surface area contributed by atoms with E-state index in [-0.39, 0.29) is 5.02 Å². The van der Waals surface area contributed by atoms with Crippen molar-refractivity contribution in [2.24, 2.45) is 10.3 Å². The van der Waals surface area contributed by atoms with E-state index < -0.39 is 34.9 Å². The van der Waals surface area contributed by atoms with Gasteiger partial charge in [-0.15, -0.1) is 0 Å². The zero-order valence-electron chi connectivity index (χ0n) is 7.51. The van der Waals surface area contributed by atoms with Crippen molar-refractivity contribution in [2.75, 3.05) is 0 Å². The molecule has 0 amide bonds. The van der Waals surface area contributed by atoms with Crippen molar-refractivity contribution in [1.82, 2.24) is 0 Å². The summed E-state index contributed by atoms with van der Waals surface area (Å²) in [6.45, 7) is 0. The van der Waals surface area contributed by atoms with Crippen LogP contribution in [-0.4, -0.2) is 16.8 Å². The molecule has 0 aliphatic carbocycles. The van der Waals surface area contributed by atoms with Crippen LogP contribution in [0.2, 0.25) is 10.0 Å². The maximum atomic E-state index is 11.1. The average molecular weight is 305 g/mol. The van der Waals surface area contributed by atoms with E-state index in [2.05, 4.69) is 0 Å². The number of halogens is 2. The van der Waals surface area contributed by atoms with Gasteiger partial charge in [-0.2, -0.15) is 0 Å². The van der Waals surface area contributed by atoms with Gasteiger partial charge >= 0.3 is 0 Å². The Morgan fingerprint density at radius 1 is 0.875 bits per heavy atom. The van der Waals surface area contributed by atoms with E-state index in [1.807, 2.05) is 0 Å². The Morgan fingerprint density at radius 3 is 1.44 bits per heavy atom. The van der Waals surface area contributed by atoms with E-state index in [1.165, 1.54) is 0 Å². The molecule has 16 heavy (non-hydrogen) atoms. The zero-order chi connectivity index (χ0) is 12.7. The standard InChI is InChI=1S/C6H6Cl2N2O4S2/c7-3-1-4(15(9,11)12)6(8)5(2-3)16(10,13)14/h1-2H,(H2,9,11,12)(H2,10,13,14). The summed E-state index contributed by atoms with van der Waals surface area (Å²) < 4.78 is 44.3. The van der Waals surface area contributed by atoms with Gasteiger partial charge < -0.3 is 0 Å². The Hall–Kier alpha value is -0.380. The van der Waals surface area contributed by atoms with Crippen LogP contribution in [0, 0.1) is 0 Å². The summed E-state index contributed by atoms with van der Waals surface area (Å²) in [4.78, 5) is -1.18. The summed E-state index contributed by atoms with van der Waals surface area (Å²) in [6, 6.07) is 1.88. The summed E-state index contributed by atoms with van der Waals surface area (Å²) >= 11 is 11.1. The summed E-state index contributed by atoms with van der Waals surface area (Å²) in [7, 11) is -8.35. The van der Waals surface area contributed by atoms with Gasteiger partial charge in [0.25, 0.3) is 0 Å². The summed E-state index contributed by atoms with van der Waals surface area (Å²) in [5, 5.41) is 8.93. The minimum Gasteiger partial charge on any atom is -0.225 e. The van der Waals surface area contributed by atoms with Crippen molar-refractivity contribution >= 4 is 43.2 Å². The van der Waals surface area contributed by atoms with Gasteiger partial charge in [0.1, 0.15) is 9.79 Å². The van der Waals surface area contributed by atoms with Gasteiger partial charge in [-0.1, -0.05) is 23.2 Å². The molecule has 0 radical (unpaired) electrons. The summed E-state index contributed by atoms with van der Waals surface area (Å²) in [5.41, 5.74) is 0. The lowest BCUT2D eigenvalue weighted by molar-refractivity contribution is 0.596. The van der Waals surface area contributed by atoms with Crippen molar-refractivity contribution in [3.8, 4) is 0 Å². The van der Waals surface area contributed by atoms with Crippen molar-refractivity contribution in [1.29, 1.82) is 0 Å². The van der Waals surface area contributed by atoms with Crippen LogP contribution < -0.4 is 10.3 Å². The van der Waals surface area contributed by atoms with E-state index in [0.29, 0.717) is 0 Å². The fourth-order valence-corrected chi connectivity index (χ4v) is 3.42. The lowest BCUT2D eigenvalue weighted by Gasteiger charge is -2.07. The van der Waals surface area contributed by atoms with Crippen LogP contribution >= 0.6 is 23.2 Å². The first kappa shape index (κ1) is 13.7. The van der Waals surface area contributed by atoms with Gasteiger partial charge in [0, 0.05) is 5.02 Å². The number of hydrogen-bond donors (Lipinski definition) is 2. The molecule has 0 bridgehead atoms. The first-order valence-electron chi connectivity index (χ1n) is 3.58. The summed E-state index contributed by atoms with van der Waals surface area (Å²) in [5.74, 6) is 0. The fourth-order valence-electron chi connectivity index (χ4n) is 0.954. The summed E-state index contributed by atoms with van der Waals surface area (Å²) in [6.07, 6.45) is 0. The Bertz CT molecular complexity index is 585. The predicted octanol–water partition coefficient (Wildman–Crippen LogP) is 0.288. The van der Waals surface area contributed by atoms with Crippen LogP contribution in [0.25, 0.3) is 0 Å². The van der Waals surface area contributed by atoms with Crippen LogP contribution in [0.3, 0.4) is 0 Å². The fraction of sp³-hybridized carbons (Fsp3) is 0. The number of hydrogen-bond acceptors (Lipinski definition) is 4. The molecule has 1 rings (SSSR count). The third-order valence-electron chi connectivity index (χ3n) is 1.58. The number of rotatable bonds is 2. The molecule has 0 aliphatic rings. The monoisotopic (exact) mass is 304 g/mol. The lowest BCUT2D eigenvalue weighted by atomic mass is 10.3. The molecule has 0 heterocycles. The number of primary sulfonamides is 2. The van der Waals surface area contributed by atoms with Crippen molar-refractivity contribution < 1.29 is 16.8 Å². The van der Waals surface area contributed by atoms with Crippen LogP contribution in [0.5, 0.6) is 0 Å². The molecule has 4 N–H and O–H groups in total. The Morgan fingerprint density at radius 2 is 1.19 bits per heavy atom. The van der Waals surface area contributed by atoms with Crippen molar-refractivity contribution in [2.45, 2.75) is 9.79 Å². The highest BCUT2D eigenvalue weighted by Gasteiger charge is 2.22. The molecule has 0 fully saturated rings. The van der Waals surface area contributed by atoms with Crippen molar-refractivity contribution in [3.05, 3.63) is 22.2 Å². The van der Waals surface area contributed by atoms with Gasteiger partial charge in [0.05, 0.1) is 5.02 Å². The molecule has 0 unspecified atom stereocenters. The first-order valence-corrected chi connectivity index (χ1v) is 7.43. The van der Waals surface area contributed by atoms with Crippen LogP contribution in [0.15, 0.2) is 21.9 Å². The normalized spacial score (nSPS) is 12.8. The molecule has 0 atom stereocenters. The van der Waals surface area contributed by atoms with E-state index >= 15 is 0 Å². The van der Waals surface area contributed by atoms with Crippen LogP contribution in [-0.2, 0) is 20.0 Å². The molecule has 0 aromatic heterocycles. The second-order valence-electron chi connectivity index (χ2n) is 2.81. The molecule has 90 valence electrons. The quantitative estimate of drug-likeness (QED) is 0.815. The lowest BCUT2D eigenvalue weighted by Crippen LogP contribution is -2.17. The molecular weight excluding hydrogens is 299 g/mol. The molecule has 0 aliphatic heterocycles. The van der Waals surface area contributed by atoms with Gasteiger partial charge in [-0.3, -0.25) is 0 Å². The van der Waals surface area contributed by atoms with E-state index in [1.54, 1.807) is 0 Å². The highest BCUT2D eigenvalue weighted by atomic mass is 35.5. The smallest absolute Gasteiger partial charge is 0.225 e. The molecule has 1 aromatic carbocycles. The Labute approximate surface area is 102 Å². The third kappa shape index (κ3) is 2.84. The van der Waals surface area contributed by atoms with Gasteiger partial charge in [-0.05, 0) is 12.1 Å². The first-order chi connectivity index (χ1) is 7.03. The molecular formula is C6H6Cl2N2O4S2. The SMILES string of the molecule is NS(=O)(=O)c1cc(Cl)cc(S(N)(=O)=O)c1Cl. The van der Waals surface area contributed by atoms with Gasteiger partial charge in [-0.25, -0.2) is 27.1 Å². The molecule has 0 saturated heterocycles. The number of nitrogens with two attached hydrogens (primary N) is 2. The van der Waals surface area contributed by atoms with Gasteiger partial charge in [0.2, 0.25) is 20.0 Å². The minimum absolute atomic E-state index is 0.155. The maximum Gasteiger partial charge on any atom is 0.239 e. The van der Waals surface area contributed by atoms with E-state index in [0.717, 1.165) is 12.1 Å². The zero-order valence-corrected chi connectivity index (χ0v) is 10.7. The highest BCUT2D eigenvalue weighted by Crippen LogP contribution is 2.30. The van der Waals surface area contributed by atoms with Gasteiger partial charge in [0.15, 0.2) is 0 Å². The second kappa shape index (κ2) is 4.13. The van der Waals surface area contributed by atoms with Crippen LogP contribution in [0.1, 0.15) is 0 Å². The van der Waals surface area contributed by atoms with Crippen molar-refractivity contribution in [3.63, 3.8) is 0 Å². The predicted molar refractivity (Wildman–Crippen MR) is 59.2 cm³/mol. The Balaban J connectivity index is 3.78. The minimum atomic E-state index is -4.18. The third-order valence-corrected chi connectivity index (χ3v) is 4.30.